The van der Waals surface area contributed by atoms with Gasteiger partial charge in [-0.25, -0.2) is 8.42 Å². The van der Waals surface area contributed by atoms with Crippen LogP contribution in [0.2, 0.25) is 0 Å². The van der Waals surface area contributed by atoms with E-state index in [0.717, 1.165) is 36.1 Å². The van der Waals surface area contributed by atoms with Crippen LogP contribution in [-0.4, -0.2) is 49.8 Å². The first-order valence-corrected chi connectivity index (χ1v) is 11.3. The molecule has 2 heterocycles. The third kappa shape index (κ3) is 4.53. The lowest BCUT2D eigenvalue weighted by Crippen LogP contribution is -2.56. The van der Waals surface area contributed by atoms with Crippen LogP contribution in [0.4, 0.5) is 0 Å². The van der Waals surface area contributed by atoms with Gasteiger partial charge in [0.1, 0.15) is 6.04 Å². The van der Waals surface area contributed by atoms with Gasteiger partial charge in [-0.05, 0) is 71.0 Å². The molecule has 2 aliphatic heterocycles. The van der Waals surface area contributed by atoms with Crippen LogP contribution in [0.25, 0.3) is 0 Å². The fourth-order valence-corrected chi connectivity index (χ4v) is 6.57. The first kappa shape index (κ1) is 23.1. The fourth-order valence-electron chi connectivity index (χ4n) is 4.50. The van der Waals surface area contributed by atoms with E-state index >= 15 is 0 Å². The summed E-state index contributed by atoms with van der Waals surface area (Å²) >= 11 is 0. The summed E-state index contributed by atoms with van der Waals surface area (Å²) in [5, 5.41) is 6.46. The number of aryl methyl sites for hydroxylation is 3. The highest BCUT2D eigenvalue weighted by Crippen LogP contribution is 2.31. The summed E-state index contributed by atoms with van der Waals surface area (Å²) in [7, 11) is -3.71. The van der Waals surface area contributed by atoms with Crippen molar-refractivity contribution in [1.29, 1.82) is 0 Å². The predicted octanol–water partition coefficient (Wildman–Crippen LogP) is 2.44. The minimum absolute atomic E-state index is 0. The van der Waals surface area contributed by atoms with E-state index < -0.39 is 16.1 Å². The zero-order chi connectivity index (χ0) is 19.8. The molecule has 3 unspecified atom stereocenters. The highest BCUT2D eigenvalue weighted by Gasteiger charge is 2.41. The summed E-state index contributed by atoms with van der Waals surface area (Å²) in [6.45, 7) is 9.03. The highest BCUT2D eigenvalue weighted by atomic mass is 35.5. The van der Waals surface area contributed by atoms with Gasteiger partial charge in [-0.2, -0.15) is 4.31 Å². The average Bonchev–Trinajstić information content (AvgIpc) is 3.06. The van der Waals surface area contributed by atoms with Crippen molar-refractivity contribution >= 4 is 28.3 Å². The van der Waals surface area contributed by atoms with Gasteiger partial charge in [-0.15, -0.1) is 12.4 Å². The molecule has 2 N–H and O–H groups in total. The van der Waals surface area contributed by atoms with Crippen LogP contribution in [0.3, 0.4) is 0 Å². The minimum Gasteiger partial charge on any atom is -0.350 e. The number of hydrogen-bond acceptors (Lipinski definition) is 4. The largest absolute Gasteiger partial charge is 0.350 e. The Morgan fingerprint density at radius 1 is 1.14 bits per heavy atom. The Labute approximate surface area is 174 Å². The van der Waals surface area contributed by atoms with Gasteiger partial charge in [0.25, 0.3) is 0 Å². The first-order chi connectivity index (χ1) is 12.7. The van der Waals surface area contributed by atoms with Crippen LogP contribution in [0.5, 0.6) is 0 Å². The third-order valence-electron chi connectivity index (χ3n) is 5.77. The molecular formula is C20H32ClN3O3S. The Kier molecular flexibility index (Phi) is 7.53. The zero-order valence-electron chi connectivity index (χ0n) is 17.1. The number of carbonyl (C=O) groups is 1. The summed E-state index contributed by atoms with van der Waals surface area (Å²) in [5.74, 6) is -0.168. The van der Waals surface area contributed by atoms with Crippen LogP contribution >= 0.6 is 12.4 Å². The molecular weight excluding hydrogens is 398 g/mol. The smallest absolute Gasteiger partial charge is 0.244 e. The molecule has 8 heteroatoms. The number of carbonyl (C=O) groups excluding carboxylic acids is 1. The molecule has 0 spiro atoms. The molecule has 3 atom stereocenters. The van der Waals surface area contributed by atoms with E-state index in [1.807, 2.05) is 32.9 Å². The zero-order valence-corrected chi connectivity index (χ0v) is 18.8. The van der Waals surface area contributed by atoms with E-state index in [4.69, 9.17) is 0 Å². The molecule has 0 radical (unpaired) electrons. The van der Waals surface area contributed by atoms with Gasteiger partial charge in [0, 0.05) is 18.6 Å². The topological polar surface area (TPSA) is 78.5 Å². The Hall–Kier alpha value is -1.15. The van der Waals surface area contributed by atoms with Gasteiger partial charge < -0.3 is 10.6 Å². The van der Waals surface area contributed by atoms with E-state index in [1.54, 1.807) is 0 Å². The maximum Gasteiger partial charge on any atom is 0.244 e. The molecule has 0 aromatic heterocycles. The maximum absolute atomic E-state index is 13.4. The van der Waals surface area contributed by atoms with E-state index in [1.165, 1.54) is 4.31 Å². The Balaban J connectivity index is 0.00000280. The highest BCUT2D eigenvalue weighted by molar-refractivity contribution is 7.89. The molecule has 6 nitrogen and oxygen atoms in total. The maximum atomic E-state index is 13.4. The normalized spacial score (nSPS) is 25.9. The first-order valence-electron chi connectivity index (χ1n) is 9.85. The standard InChI is InChI=1S/C20H31N3O3S.ClH/c1-13-11-14(2)19(15(3)12-13)27(25,26)23-10-6-8-18(23)20(24)22-17-7-5-9-21-16(17)4;/h11-12,16-18,21H,5-10H2,1-4H3,(H,22,24);1H. The number of nitrogens with zero attached hydrogens (tertiary/aromatic N) is 1. The average molecular weight is 430 g/mol. The molecule has 1 aromatic rings. The van der Waals surface area contributed by atoms with Crippen LogP contribution in [0, 0.1) is 20.8 Å². The second kappa shape index (κ2) is 9.11. The minimum atomic E-state index is -3.71. The number of benzene rings is 1. The van der Waals surface area contributed by atoms with Crippen LogP contribution in [0.15, 0.2) is 17.0 Å². The molecule has 28 heavy (non-hydrogen) atoms. The van der Waals surface area contributed by atoms with E-state index in [2.05, 4.69) is 17.6 Å². The van der Waals surface area contributed by atoms with Gasteiger partial charge in [0.2, 0.25) is 15.9 Å². The van der Waals surface area contributed by atoms with Crippen molar-refractivity contribution < 1.29 is 13.2 Å². The molecule has 158 valence electrons. The number of piperidine rings is 1. The lowest BCUT2D eigenvalue weighted by Gasteiger charge is -2.33. The van der Waals surface area contributed by atoms with Gasteiger partial charge in [0.15, 0.2) is 0 Å². The molecule has 0 bridgehead atoms. The van der Waals surface area contributed by atoms with Crippen molar-refractivity contribution in [3.63, 3.8) is 0 Å². The van der Waals surface area contributed by atoms with Crippen LogP contribution < -0.4 is 10.6 Å². The molecule has 2 aliphatic rings. The SMILES string of the molecule is Cc1cc(C)c(S(=O)(=O)N2CCCC2C(=O)NC2CCCNC2C)c(C)c1.Cl. The Morgan fingerprint density at radius 2 is 1.79 bits per heavy atom. The summed E-state index contributed by atoms with van der Waals surface area (Å²) < 4.78 is 28.2. The lowest BCUT2D eigenvalue weighted by molar-refractivity contribution is -0.125. The second-order valence-electron chi connectivity index (χ2n) is 8.00. The fraction of sp³-hybridized carbons (Fsp3) is 0.650. The van der Waals surface area contributed by atoms with Crippen molar-refractivity contribution in [2.45, 2.75) is 76.4 Å². The van der Waals surface area contributed by atoms with Crippen molar-refractivity contribution in [2.75, 3.05) is 13.1 Å². The monoisotopic (exact) mass is 429 g/mol. The second-order valence-corrected chi connectivity index (χ2v) is 9.83. The molecule has 1 aromatic carbocycles. The molecule has 2 saturated heterocycles. The summed E-state index contributed by atoms with van der Waals surface area (Å²) in [6, 6.07) is 3.42. The Bertz CT molecular complexity index is 805. The van der Waals surface area contributed by atoms with Gasteiger partial charge >= 0.3 is 0 Å². The van der Waals surface area contributed by atoms with Crippen molar-refractivity contribution in [3.8, 4) is 0 Å². The molecule has 0 aliphatic carbocycles. The number of rotatable bonds is 4. The summed E-state index contributed by atoms with van der Waals surface area (Å²) in [4.78, 5) is 13.3. The predicted molar refractivity (Wildman–Crippen MR) is 113 cm³/mol. The Morgan fingerprint density at radius 3 is 2.39 bits per heavy atom. The van der Waals surface area contributed by atoms with E-state index in [0.29, 0.717) is 24.3 Å². The summed E-state index contributed by atoms with van der Waals surface area (Å²) in [5.41, 5.74) is 2.52. The molecule has 1 amide bonds. The van der Waals surface area contributed by atoms with Crippen molar-refractivity contribution in [2.24, 2.45) is 0 Å². The lowest BCUT2D eigenvalue weighted by atomic mass is 9.99. The molecule has 3 rings (SSSR count). The number of sulfonamides is 1. The van der Waals surface area contributed by atoms with E-state index in [9.17, 15) is 13.2 Å². The molecule has 0 saturated carbocycles. The van der Waals surface area contributed by atoms with Crippen molar-refractivity contribution in [1.82, 2.24) is 14.9 Å². The molecule has 2 fully saturated rings. The van der Waals surface area contributed by atoms with Gasteiger partial charge in [-0.3, -0.25) is 4.79 Å². The summed E-state index contributed by atoms with van der Waals surface area (Å²) in [6.07, 6.45) is 3.22. The van der Waals surface area contributed by atoms with Gasteiger partial charge in [0.05, 0.1) is 4.90 Å². The number of nitrogens with one attached hydrogen (secondary N) is 2. The van der Waals surface area contributed by atoms with Gasteiger partial charge in [-0.1, -0.05) is 17.7 Å². The van der Waals surface area contributed by atoms with Crippen LogP contribution in [0.1, 0.15) is 49.3 Å². The quantitative estimate of drug-likeness (QED) is 0.770. The third-order valence-corrected chi connectivity index (χ3v) is 7.98. The van der Waals surface area contributed by atoms with Crippen molar-refractivity contribution in [3.05, 3.63) is 28.8 Å². The number of hydrogen-bond donors (Lipinski definition) is 2. The van der Waals surface area contributed by atoms with Crippen LogP contribution in [-0.2, 0) is 14.8 Å². The number of halogens is 1. The number of amides is 1. The van der Waals surface area contributed by atoms with E-state index in [-0.39, 0.29) is 30.4 Å².